The predicted octanol–water partition coefficient (Wildman–Crippen LogP) is 2.28. The van der Waals surface area contributed by atoms with Gasteiger partial charge in [-0.25, -0.2) is 9.97 Å². The molecule has 0 aromatic carbocycles. The fourth-order valence-electron chi connectivity index (χ4n) is 1.53. The predicted molar refractivity (Wildman–Crippen MR) is 63.5 cm³/mol. The molecule has 1 aromatic rings. The molecule has 0 unspecified atom stereocenters. The smallest absolute Gasteiger partial charge is 0.189 e. The maximum absolute atomic E-state index is 5.95. The average Bonchev–Trinajstić information content (AvgIpc) is 2.25. The quantitative estimate of drug-likeness (QED) is 0.639. The lowest BCUT2D eigenvalue weighted by atomic mass is 10.2. The van der Waals surface area contributed by atoms with E-state index in [4.69, 9.17) is 11.6 Å². The highest BCUT2D eigenvalue weighted by atomic mass is 35.5. The van der Waals surface area contributed by atoms with Crippen molar-refractivity contribution in [2.24, 2.45) is 0 Å². The number of aryl methyl sites for hydroxylation is 1. The van der Waals surface area contributed by atoms with Crippen molar-refractivity contribution in [1.82, 2.24) is 15.3 Å². The molecule has 1 aromatic heterocycles. The molecule has 0 radical (unpaired) electrons. The first-order chi connectivity index (χ1) is 7.25. The summed E-state index contributed by atoms with van der Waals surface area (Å²) in [7, 11) is 0. The van der Waals surface area contributed by atoms with Crippen molar-refractivity contribution in [2.75, 3.05) is 13.1 Å². The number of aromatic nitrogens is 2. The molecule has 2 rings (SSSR count). The lowest BCUT2D eigenvalue weighted by molar-refractivity contribution is 0.531. The van der Waals surface area contributed by atoms with Crippen LogP contribution in [0.15, 0.2) is 11.4 Å². The Morgan fingerprint density at radius 3 is 2.87 bits per heavy atom. The molecule has 1 N–H and O–H groups in total. The van der Waals surface area contributed by atoms with Crippen LogP contribution in [0.4, 0.5) is 0 Å². The normalized spacial score (nSPS) is 18.0. The van der Waals surface area contributed by atoms with Crippen LogP contribution in [0.1, 0.15) is 18.4 Å². The van der Waals surface area contributed by atoms with Gasteiger partial charge < -0.3 is 5.32 Å². The zero-order valence-electron chi connectivity index (χ0n) is 8.66. The van der Waals surface area contributed by atoms with E-state index < -0.39 is 0 Å². The summed E-state index contributed by atoms with van der Waals surface area (Å²) in [5.41, 5.74) is 0.936. The zero-order valence-corrected chi connectivity index (χ0v) is 10.2. The summed E-state index contributed by atoms with van der Waals surface area (Å²) in [6, 6.07) is 0. The minimum absolute atomic E-state index is 0.571. The number of nitrogens with one attached hydrogen (secondary N) is 1. The Hall–Kier alpha value is -0.320. The van der Waals surface area contributed by atoms with Crippen LogP contribution in [0.3, 0.4) is 0 Å². The van der Waals surface area contributed by atoms with Crippen LogP contribution >= 0.6 is 23.4 Å². The van der Waals surface area contributed by atoms with Crippen LogP contribution in [0.2, 0.25) is 5.15 Å². The van der Waals surface area contributed by atoms with Gasteiger partial charge in [-0.15, -0.1) is 0 Å². The molecule has 1 saturated heterocycles. The lowest BCUT2D eigenvalue weighted by Crippen LogP contribution is -2.29. The highest BCUT2D eigenvalue weighted by molar-refractivity contribution is 7.99. The molecule has 0 amide bonds. The molecule has 0 aliphatic carbocycles. The molecule has 0 spiro atoms. The Morgan fingerprint density at radius 2 is 2.20 bits per heavy atom. The van der Waals surface area contributed by atoms with Gasteiger partial charge in [-0.05, 0) is 32.9 Å². The van der Waals surface area contributed by atoms with Crippen molar-refractivity contribution in [1.29, 1.82) is 0 Å². The molecule has 82 valence electrons. The van der Waals surface area contributed by atoms with Crippen LogP contribution in [0, 0.1) is 6.92 Å². The second-order valence-corrected chi connectivity index (χ2v) is 5.32. The molecule has 2 heterocycles. The van der Waals surface area contributed by atoms with E-state index in [-0.39, 0.29) is 0 Å². The van der Waals surface area contributed by atoms with Crippen LogP contribution in [0.25, 0.3) is 0 Å². The molecule has 15 heavy (non-hydrogen) atoms. The van der Waals surface area contributed by atoms with E-state index >= 15 is 0 Å². The van der Waals surface area contributed by atoms with Gasteiger partial charge in [0.1, 0.15) is 5.15 Å². The number of hydrogen-bond donors (Lipinski definition) is 1. The topological polar surface area (TPSA) is 37.8 Å². The molecule has 1 aliphatic heterocycles. The average molecular weight is 244 g/mol. The number of rotatable bonds is 2. The molecule has 1 fully saturated rings. The van der Waals surface area contributed by atoms with Gasteiger partial charge in [-0.2, -0.15) is 0 Å². The summed E-state index contributed by atoms with van der Waals surface area (Å²) in [5, 5.41) is 5.34. The van der Waals surface area contributed by atoms with Gasteiger partial charge in [0.15, 0.2) is 5.16 Å². The van der Waals surface area contributed by atoms with Gasteiger partial charge in [-0.1, -0.05) is 23.4 Å². The van der Waals surface area contributed by atoms with Crippen molar-refractivity contribution in [3.8, 4) is 0 Å². The summed E-state index contributed by atoms with van der Waals surface area (Å²) in [6.07, 6.45) is 4.15. The Labute approximate surface area is 99.0 Å². The Kier molecular flexibility index (Phi) is 3.83. The van der Waals surface area contributed by atoms with Gasteiger partial charge >= 0.3 is 0 Å². The number of hydrogen-bond acceptors (Lipinski definition) is 4. The second kappa shape index (κ2) is 5.14. The summed E-state index contributed by atoms with van der Waals surface area (Å²) in [4.78, 5) is 8.54. The number of thioether (sulfide) groups is 1. The first-order valence-electron chi connectivity index (χ1n) is 5.12. The molecular formula is C10H14ClN3S. The van der Waals surface area contributed by atoms with Crippen molar-refractivity contribution < 1.29 is 0 Å². The molecule has 3 nitrogen and oxygen atoms in total. The number of piperidine rings is 1. The Bertz CT molecular complexity index is 339. The van der Waals surface area contributed by atoms with Crippen molar-refractivity contribution in [3.05, 3.63) is 16.9 Å². The summed E-state index contributed by atoms with van der Waals surface area (Å²) in [6.45, 7) is 4.11. The molecule has 0 saturated carbocycles. The summed E-state index contributed by atoms with van der Waals surface area (Å²) < 4.78 is 0. The van der Waals surface area contributed by atoms with Gasteiger partial charge in [0.2, 0.25) is 0 Å². The largest absolute Gasteiger partial charge is 0.317 e. The zero-order chi connectivity index (χ0) is 10.7. The highest BCUT2D eigenvalue weighted by Crippen LogP contribution is 2.26. The fraction of sp³-hybridized carbons (Fsp3) is 0.600. The molecular weight excluding hydrogens is 230 g/mol. The standard InChI is InChI=1S/C10H14ClN3S/c1-7-6-13-10(14-9(7)11)15-8-2-4-12-5-3-8/h6,8,12H,2-5H2,1H3. The van der Waals surface area contributed by atoms with Crippen molar-refractivity contribution >= 4 is 23.4 Å². The maximum Gasteiger partial charge on any atom is 0.189 e. The first kappa shape index (κ1) is 11.2. The minimum Gasteiger partial charge on any atom is -0.317 e. The third kappa shape index (κ3) is 3.06. The van der Waals surface area contributed by atoms with E-state index in [2.05, 4.69) is 15.3 Å². The maximum atomic E-state index is 5.95. The van der Waals surface area contributed by atoms with E-state index in [9.17, 15) is 0 Å². The summed E-state index contributed by atoms with van der Waals surface area (Å²) in [5.74, 6) is 0. The van der Waals surface area contributed by atoms with Crippen LogP contribution in [-0.2, 0) is 0 Å². The molecule has 0 bridgehead atoms. The van der Waals surface area contributed by atoms with E-state index in [0.29, 0.717) is 10.4 Å². The van der Waals surface area contributed by atoms with E-state index in [1.54, 1.807) is 18.0 Å². The SMILES string of the molecule is Cc1cnc(SC2CCNCC2)nc1Cl. The first-order valence-corrected chi connectivity index (χ1v) is 6.38. The van der Waals surface area contributed by atoms with Crippen LogP contribution in [0.5, 0.6) is 0 Å². The molecule has 0 atom stereocenters. The third-order valence-corrected chi connectivity index (χ3v) is 4.04. The highest BCUT2D eigenvalue weighted by Gasteiger charge is 2.15. The lowest BCUT2D eigenvalue weighted by Gasteiger charge is -2.21. The molecule has 5 heteroatoms. The van der Waals surface area contributed by atoms with Crippen LogP contribution in [-0.4, -0.2) is 28.3 Å². The fourth-order valence-corrected chi connectivity index (χ4v) is 2.73. The van der Waals surface area contributed by atoms with E-state index in [1.807, 2.05) is 6.92 Å². The van der Waals surface area contributed by atoms with Gasteiger partial charge in [0, 0.05) is 17.0 Å². The molecule has 1 aliphatic rings. The van der Waals surface area contributed by atoms with E-state index in [0.717, 1.165) is 23.8 Å². The third-order valence-electron chi connectivity index (χ3n) is 2.45. The second-order valence-electron chi connectivity index (χ2n) is 3.69. The van der Waals surface area contributed by atoms with Crippen molar-refractivity contribution in [3.63, 3.8) is 0 Å². The van der Waals surface area contributed by atoms with Crippen LogP contribution < -0.4 is 5.32 Å². The van der Waals surface area contributed by atoms with E-state index in [1.165, 1.54) is 12.8 Å². The monoisotopic (exact) mass is 243 g/mol. The Morgan fingerprint density at radius 1 is 1.47 bits per heavy atom. The van der Waals surface area contributed by atoms with Gasteiger partial charge in [0.05, 0.1) is 0 Å². The van der Waals surface area contributed by atoms with Crippen molar-refractivity contribution in [2.45, 2.75) is 30.2 Å². The number of nitrogens with zero attached hydrogens (tertiary/aromatic N) is 2. The van der Waals surface area contributed by atoms with Gasteiger partial charge in [0.25, 0.3) is 0 Å². The Balaban J connectivity index is 2.00. The van der Waals surface area contributed by atoms with Gasteiger partial charge in [-0.3, -0.25) is 0 Å². The summed E-state index contributed by atoms with van der Waals surface area (Å²) >= 11 is 7.70. The minimum atomic E-state index is 0.571. The number of halogens is 1.